The molecule has 0 heterocycles. The third kappa shape index (κ3) is 3.69. The quantitative estimate of drug-likeness (QED) is 0.392. The Bertz CT molecular complexity index is 528. The van der Waals surface area contributed by atoms with E-state index in [4.69, 9.17) is 0 Å². The molecule has 0 aromatic rings. The van der Waals surface area contributed by atoms with Crippen LogP contribution in [0.25, 0.3) is 0 Å². The van der Waals surface area contributed by atoms with E-state index >= 15 is 0 Å². The van der Waals surface area contributed by atoms with Crippen molar-refractivity contribution in [1.29, 1.82) is 0 Å². The predicted octanol–water partition coefficient (Wildman–Crippen LogP) is 8.66. The summed E-state index contributed by atoms with van der Waals surface area (Å²) in [4.78, 5) is 0. The number of hydrogen-bond donors (Lipinski definition) is 0. The van der Waals surface area contributed by atoms with Crippen LogP contribution in [0, 0.1) is 46.3 Å². The van der Waals surface area contributed by atoms with Gasteiger partial charge in [-0.25, -0.2) is 0 Å². The average molecular weight is 373 g/mol. The Morgan fingerprint density at radius 3 is 2.37 bits per heavy atom. The monoisotopic (exact) mass is 372 g/mol. The highest BCUT2D eigenvalue weighted by Gasteiger charge is 2.58. The fourth-order valence-corrected chi connectivity index (χ4v) is 8.22. The first-order chi connectivity index (χ1) is 12.8. The lowest BCUT2D eigenvalue weighted by Gasteiger charge is -2.57. The van der Waals surface area contributed by atoms with Crippen LogP contribution >= 0.6 is 0 Å². The summed E-state index contributed by atoms with van der Waals surface area (Å²) in [6, 6.07) is 0. The van der Waals surface area contributed by atoms with E-state index in [-0.39, 0.29) is 0 Å². The first kappa shape index (κ1) is 21.4. The van der Waals surface area contributed by atoms with Crippen molar-refractivity contribution in [3.63, 3.8) is 0 Å². The highest BCUT2D eigenvalue weighted by Crippen LogP contribution is 2.66. The smallest absolute Gasteiger partial charge is 0.00880 e. The van der Waals surface area contributed by atoms with Crippen molar-refractivity contribution in [3.8, 4) is 0 Å². The van der Waals surface area contributed by atoms with Crippen LogP contribution in [0.5, 0.6) is 0 Å². The maximum atomic E-state index is 2.72. The van der Waals surface area contributed by atoms with Crippen molar-refractivity contribution in [2.45, 2.75) is 113 Å². The molecule has 3 rings (SSSR count). The summed E-state index contributed by atoms with van der Waals surface area (Å²) >= 11 is 0. The zero-order valence-corrected chi connectivity index (χ0v) is 19.6. The lowest BCUT2D eigenvalue weighted by molar-refractivity contribution is -0.0453. The van der Waals surface area contributed by atoms with Gasteiger partial charge < -0.3 is 0 Å². The summed E-state index contributed by atoms with van der Waals surface area (Å²) in [6.07, 6.45) is 17.0. The fraction of sp³-hybridized carbons (Fsp3) is 0.926. The molecule has 0 amide bonds. The van der Waals surface area contributed by atoms with Crippen molar-refractivity contribution >= 4 is 0 Å². The van der Waals surface area contributed by atoms with Gasteiger partial charge in [0.1, 0.15) is 0 Å². The summed E-state index contributed by atoms with van der Waals surface area (Å²) in [7, 11) is 0. The zero-order valence-electron chi connectivity index (χ0n) is 19.6. The minimum atomic E-state index is 0.486. The van der Waals surface area contributed by atoms with E-state index in [9.17, 15) is 0 Å². The Labute approximate surface area is 171 Å². The summed E-state index contributed by atoms with van der Waals surface area (Å²) in [5.74, 6) is 5.70. The van der Waals surface area contributed by atoms with Gasteiger partial charge in [-0.2, -0.15) is 0 Å². The highest BCUT2D eigenvalue weighted by atomic mass is 14.6. The summed E-state index contributed by atoms with van der Waals surface area (Å²) in [5.41, 5.74) is 2.90. The SMILES string of the molecule is CCC1=CCC2C3CCC([C@@H](C)CCCC(C)C)[C@@]3(C)CCC2[C@@]1(C)CC. The molecule has 3 aliphatic carbocycles. The van der Waals surface area contributed by atoms with Crippen LogP contribution in [-0.4, -0.2) is 0 Å². The highest BCUT2D eigenvalue weighted by molar-refractivity contribution is 5.22. The molecular weight excluding hydrogens is 324 g/mol. The van der Waals surface area contributed by atoms with Gasteiger partial charge in [0.2, 0.25) is 0 Å². The average Bonchev–Trinajstić information content (AvgIpc) is 2.99. The van der Waals surface area contributed by atoms with Crippen molar-refractivity contribution in [2.75, 3.05) is 0 Å². The topological polar surface area (TPSA) is 0 Å². The van der Waals surface area contributed by atoms with Crippen molar-refractivity contribution in [3.05, 3.63) is 11.6 Å². The third-order valence-corrected chi connectivity index (χ3v) is 9.94. The summed E-state index contributed by atoms with van der Waals surface area (Å²) < 4.78 is 0. The van der Waals surface area contributed by atoms with Crippen LogP contribution in [-0.2, 0) is 0 Å². The normalized spacial score (nSPS) is 42.6. The molecule has 0 bridgehead atoms. The van der Waals surface area contributed by atoms with Gasteiger partial charge in [0.25, 0.3) is 0 Å². The van der Waals surface area contributed by atoms with Crippen LogP contribution in [0.15, 0.2) is 11.6 Å². The number of rotatable bonds is 7. The van der Waals surface area contributed by atoms with Crippen LogP contribution in [0.4, 0.5) is 0 Å². The van der Waals surface area contributed by atoms with E-state index in [2.05, 4.69) is 54.5 Å². The fourth-order valence-electron chi connectivity index (χ4n) is 8.22. The van der Waals surface area contributed by atoms with Gasteiger partial charge in [-0.3, -0.25) is 0 Å². The van der Waals surface area contributed by atoms with Crippen LogP contribution in [0.1, 0.15) is 113 Å². The molecule has 2 fully saturated rings. The molecule has 0 aliphatic heterocycles. The largest absolute Gasteiger partial charge is 0.0845 e. The van der Waals surface area contributed by atoms with Crippen LogP contribution in [0.2, 0.25) is 0 Å². The molecule has 0 saturated heterocycles. The Morgan fingerprint density at radius 2 is 1.74 bits per heavy atom. The third-order valence-electron chi connectivity index (χ3n) is 9.94. The molecule has 0 aromatic heterocycles. The predicted molar refractivity (Wildman–Crippen MR) is 120 cm³/mol. The first-order valence-electron chi connectivity index (χ1n) is 12.5. The maximum absolute atomic E-state index is 2.72. The molecule has 0 spiro atoms. The standard InChI is InChI=1S/C27H48/c1-8-21-13-14-22-24-16-15-23(20(5)12-10-11-19(3)4)27(24,7)18-17-25(22)26(21,6)9-2/h13,19-20,22-25H,8-12,14-18H2,1-7H3/t20-,22?,23?,24?,25?,26-,27+/m0/s1. The Balaban J connectivity index is 1.75. The van der Waals surface area contributed by atoms with E-state index in [1.165, 1.54) is 64.2 Å². The van der Waals surface area contributed by atoms with Gasteiger partial charge in [0, 0.05) is 0 Å². The molecule has 27 heavy (non-hydrogen) atoms. The van der Waals surface area contributed by atoms with E-state index in [1.54, 1.807) is 5.57 Å². The number of fused-ring (bicyclic) bond motifs is 3. The van der Waals surface area contributed by atoms with E-state index in [0.29, 0.717) is 10.8 Å². The van der Waals surface area contributed by atoms with E-state index in [0.717, 1.165) is 35.5 Å². The Kier molecular flexibility index (Phi) is 6.54. The van der Waals surface area contributed by atoms with Crippen molar-refractivity contribution in [1.82, 2.24) is 0 Å². The second kappa shape index (κ2) is 8.23. The van der Waals surface area contributed by atoms with Gasteiger partial charge in [-0.1, -0.05) is 79.4 Å². The molecule has 0 aromatic carbocycles. The lowest BCUT2D eigenvalue weighted by atomic mass is 9.48. The molecule has 0 N–H and O–H groups in total. The molecular formula is C27H48. The van der Waals surface area contributed by atoms with Crippen molar-refractivity contribution < 1.29 is 0 Å². The van der Waals surface area contributed by atoms with Crippen LogP contribution < -0.4 is 0 Å². The molecule has 3 aliphatic rings. The van der Waals surface area contributed by atoms with Crippen molar-refractivity contribution in [2.24, 2.45) is 46.3 Å². The second-order valence-corrected chi connectivity index (χ2v) is 11.5. The van der Waals surface area contributed by atoms with Gasteiger partial charge in [0.05, 0.1) is 0 Å². The Hall–Kier alpha value is -0.260. The minimum absolute atomic E-state index is 0.486. The maximum Gasteiger partial charge on any atom is -0.00880 e. The van der Waals surface area contributed by atoms with Gasteiger partial charge in [-0.05, 0) is 91.3 Å². The number of allylic oxidation sites excluding steroid dienone is 2. The van der Waals surface area contributed by atoms with E-state index < -0.39 is 0 Å². The van der Waals surface area contributed by atoms with E-state index in [1.807, 2.05) is 0 Å². The molecule has 0 nitrogen and oxygen atoms in total. The molecule has 4 unspecified atom stereocenters. The van der Waals surface area contributed by atoms with Gasteiger partial charge in [-0.15, -0.1) is 0 Å². The van der Waals surface area contributed by atoms with Gasteiger partial charge in [0.15, 0.2) is 0 Å². The lowest BCUT2D eigenvalue weighted by Crippen LogP contribution is -2.49. The summed E-state index contributed by atoms with van der Waals surface area (Å²) in [6.45, 7) is 17.5. The zero-order chi connectivity index (χ0) is 19.8. The minimum Gasteiger partial charge on any atom is -0.0845 e. The van der Waals surface area contributed by atoms with Crippen LogP contribution in [0.3, 0.4) is 0 Å². The Morgan fingerprint density at radius 1 is 1.00 bits per heavy atom. The second-order valence-electron chi connectivity index (χ2n) is 11.5. The number of hydrogen-bond acceptors (Lipinski definition) is 0. The molecule has 7 atom stereocenters. The molecule has 0 heteroatoms. The van der Waals surface area contributed by atoms with Gasteiger partial charge >= 0.3 is 0 Å². The molecule has 2 saturated carbocycles. The molecule has 156 valence electrons. The first-order valence-corrected chi connectivity index (χ1v) is 12.5. The molecule has 0 radical (unpaired) electrons. The summed E-state index contributed by atoms with van der Waals surface area (Å²) in [5, 5.41) is 0.